The summed E-state index contributed by atoms with van der Waals surface area (Å²) in [7, 11) is 1.73. The van der Waals surface area contributed by atoms with Crippen molar-refractivity contribution in [2.75, 3.05) is 13.1 Å². The Kier molecular flexibility index (Phi) is 5.14. The number of hydrogen-bond donors (Lipinski definition) is 0. The van der Waals surface area contributed by atoms with E-state index in [2.05, 4.69) is 11.8 Å². The summed E-state index contributed by atoms with van der Waals surface area (Å²) in [6.07, 6.45) is 0. The van der Waals surface area contributed by atoms with Crippen molar-refractivity contribution in [1.82, 2.24) is 4.90 Å². The van der Waals surface area contributed by atoms with Crippen LogP contribution in [0, 0.1) is 0 Å². The largest absolute Gasteiger partial charge is 0.298 e. The molecule has 3 nitrogen and oxygen atoms in total. The van der Waals surface area contributed by atoms with E-state index >= 15 is 0 Å². The van der Waals surface area contributed by atoms with E-state index in [-0.39, 0.29) is 10.8 Å². The van der Waals surface area contributed by atoms with E-state index in [0.29, 0.717) is 10.0 Å². The average Bonchev–Trinajstić information content (AvgIpc) is 2.53. The van der Waals surface area contributed by atoms with Crippen LogP contribution in [-0.2, 0) is 15.6 Å². The second-order valence-corrected chi connectivity index (χ2v) is 9.26. The maximum atomic E-state index is 11.7. The first-order valence-corrected chi connectivity index (χ1v) is 10.6. The zero-order valence-corrected chi connectivity index (χ0v) is 16.1. The fourth-order valence-corrected chi connectivity index (χ4v) is 4.53. The van der Waals surface area contributed by atoms with Crippen molar-refractivity contribution in [3.05, 3.63) is 63.1 Å². The molecule has 0 unspecified atom stereocenters. The van der Waals surface area contributed by atoms with Crippen molar-refractivity contribution in [3.63, 3.8) is 0 Å². The highest BCUT2D eigenvalue weighted by atomic mass is 35.7. The standard InChI is InChI=1S/C17H16Cl3NO2S/c1-2-21-9-15(11-4-3-5-13(6-11)24(20,22)23)14-7-12(18)8-17(19)16(14)10-21/h3-8,15H,2,9-10H2,1H3/t15-/m0/s1. The number of fused-ring (bicyclic) bond motifs is 1. The summed E-state index contributed by atoms with van der Waals surface area (Å²) < 4.78 is 23.3. The molecule has 0 aliphatic carbocycles. The molecule has 0 saturated heterocycles. The van der Waals surface area contributed by atoms with Gasteiger partial charge in [-0.15, -0.1) is 0 Å². The van der Waals surface area contributed by atoms with Gasteiger partial charge in [0.05, 0.1) is 4.90 Å². The molecule has 128 valence electrons. The summed E-state index contributed by atoms with van der Waals surface area (Å²) in [5.74, 6) is -0.0109. The van der Waals surface area contributed by atoms with Crippen molar-refractivity contribution in [3.8, 4) is 0 Å². The maximum absolute atomic E-state index is 11.7. The third kappa shape index (κ3) is 3.58. The van der Waals surface area contributed by atoms with Crippen LogP contribution in [0.5, 0.6) is 0 Å². The zero-order chi connectivity index (χ0) is 17.5. The molecular weight excluding hydrogens is 389 g/mol. The quantitative estimate of drug-likeness (QED) is 0.684. The molecule has 0 amide bonds. The molecule has 0 radical (unpaired) electrons. The SMILES string of the molecule is CCN1Cc2c(Cl)cc(Cl)cc2[C@H](c2cccc(S(=O)(=O)Cl)c2)C1. The maximum Gasteiger partial charge on any atom is 0.261 e. The van der Waals surface area contributed by atoms with E-state index in [0.717, 1.165) is 36.3 Å². The lowest BCUT2D eigenvalue weighted by molar-refractivity contribution is 0.253. The molecule has 0 N–H and O–H groups in total. The number of likely N-dealkylation sites (N-methyl/N-ethyl adjacent to an activating group) is 1. The lowest BCUT2D eigenvalue weighted by atomic mass is 9.84. The van der Waals surface area contributed by atoms with Gasteiger partial charge in [0.15, 0.2) is 0 Å². The molecule has 0 saturated carbocycles. The van der Waals surface area contributed by atoms with Crippen molar-refractivity contribution < 1.29 is 8.42 Å². The Hall–Kier alpha value is -0.780. The number of hydrogen-bond acceptors (Lipinski definition) is 3. The normalized spacial score (nSPS) is 18.4. The fourth-order valence-electron chi connectivity index (χ4n) is 3.15. The smallest absolute Gasteiger partial charge is 0.261 e. The minimum atomic E-state index is -3.77. The second-order valence-electron chi connectivity index (χ2n) is 5.85. The molecule has 1 aliphatic rings. The van der Waals surface area contributed by atoms with Gasteiger partial charge in [-0.25, -0.2) is 8.42 Å². The molecule has 2 aromatic carbocycles. The van der Waals surface area contributed by atoms with Gasteiger partial charge >= 0.3 is 0 Å². The first-order valence-electron chi connectivity index (χ1n) is 7.54. The third-order valence-electron chi connectivity index (χ3n) is 4.38. The van der Waals surface area contributed by atoms with Gasteiger partial charge in [0, 0.05) is 39.7 Å². The first-order chi connectivity index (χ1) is 11.3. The molecular formula is C17H16Cl3NO2S. The Morgan fingerprint density at radius 1 is 1.21 bits per heavy atom. The minimum absolute atomic E-state index is 0.0109. The Bertz CT molecular complexity index is 883. The van der Waals surface area contributed by atoms with Crippen molar-refractivity contribution >= 4 is 42.9 Å². The van der Waals surface area contributed by atoms with Crippen LogP contribution in [0.1, 0.15) is 29.5 Å². The van der Waals surface area contributed by atoms with Gasteiger partial charge in [0.1, 0.15) is 0 Å². The molecule has 0 spiro atoms. The molecule has 0 fully saturated rings. The summed E-state index contributed by atoms with van der Waals surface area (Å²) in [5, 5.41) is 1.22. The summed E-state index contributed by atoms with van der Waals surface area (Å²) >= 11 is 12.6. The van der Waals surface area contributed by atoms with Gasteiger partial charge in [-0.2, -0.15) is 0 Å². The van der Waals surface area contributed by atoms with E-state index in [1.807, 2.05) is 12.1 Å². The first kappa shape index (κ1) is 18.0. The van der Waals surface area contributed by atoms with E-state index < -0.39 is 9.05 Å². The van der Waals surface area contributed by atoms with Gasteiger partial charge in [0.25, 0.3) is 9.05 Å². The van der Waals surface area contributed by atoms with Crippen molar-refractivity contribution in [2.24, 2.45) is 0 Å². The van der Waals surface area contributed by atoms with Gasteiger partial charge in [0.2, 0.25) is 0 Å². The molecule has 3 rings (SSSR count). The topological polar surface area (TPSA) is 37.4 Å². The van der Waals surface area contributed by atoms with Crippen LogP contribution in [0.4, 0.5) is 0 Å². The van der Waals surface area contributed by atoms with Crippen LogP contribution in [0.15, 0.2) is 41.3 Å². The highest BCUT2D eigenvalue weighted by Crippen LogP contribution is 2.39. The van der Waals surface area contributed by atoms with Crippen LogP contribution in [0.3, 0.4) is 0 Å². The van der Waals surface area contributed by atoms with E-state index in [4.69, 9.17) is 33.9 Å². The monoisotopic (exact) mass is 403 g/mol. The van der Waals surface area contributed by atoms with Crippen LogP contribution in [0.2, 0.25) is 10.0 Å². The van der Waals surface area contributed by atoms with Gasteiger partial charge in [-0.05, 0) is 47.5 Å². The summed E-state index contributed by atoms with van der Waals surface area (Å²) in [4.78, 5) is 2.37. The minimum Gasteiger partial charge on any atom is -0.298 e. The van der Waals surface area contributed by atoms with Crippen LogP contribution in [-0.4, -0.2) is 26.4 Å². The number of nitrogens with zero attached hydrogens (tertiary/aromatic N) is 1. The van der Waals surface area contributed by atoms with E-state index in [1.54, 1.807) is 18.2 Å². The van der Waals surface area contributed by atoms with E-state index in [9.17, 15) is 8.42 Å². The van der Waals surface area contributed by atoms with Crippen molar-refractivity contribution in [1.29, 1.82) is 0 Å². The van der Waals surface area contributed by atoms with E-state index in [1.165, 1.54) is 6.07 Å². The van der Waals surface area contributed by atoms with Crippen molar-refractivity contribution in [2.45, 2.75) is 24.3 Å². The van der Waals surface area contributed by atoms with Crippen LogP contribution in [0.25, 0.3) is 0 Å². The summed E-state index contributed by atoms with van der Waals surface area (Å²) in [6, 6.07) is 10.4. The Balaban J connectivity index is 2.15. The number of rotatable bonds is 3. The van der Waals surface area contributed by atoms with Crippen LogP contribution >= 0.6 is 33.9 Å². The highest BCUT2D eigenvalue weighted by Gasteiger charge is 2.28. The molecule has 24 heavy (non-hydrogen) atoms. The molecule has 0 aromatic heterocycles. The third-order valence-corrected chi connectivity index (χ3v) is 6.29. The highest BCUT2D eigenvalue weighted by molar-refractivity contribution is 8.13. The fraction of sp³-hybridized carbons (Fsp3) is 0.294. The summed E-state index contributed by atoms with van der Waals surface area (Å²) in [5.41, 5.74) is 2.97. The Labute approximate surface area is 156 Å². The number of halogens is 3. The predicted octanol–water partition coefficient (Wildman–Crippen LogP) is 4.89. The zero-order valence-electron chi connectivity index (χ0n) is 13.0. The molecule has 2 aromatic rings. The molecule has 1 aliphatic heterocycles. The molecule has 1 heterocycles. The predicted molar refractivity (Wildman–Crippen MR) is 98.7 cm³/mol. The van der Waals surface area contributed by atoms with Gasteiger partial charge in [-0.1, -0.05) is 42.3 Å². The average molecular weight is 405 g/mol. The summed E-state index contributed by atoms with van der Waals surface area (Å²) in [6.45, 7) is 4.49. The lowest BCUT2D eigenvalue weighted by Crippen LogP contribution is -2.34. The Morgan fingerprint density at radius 3 is 2.62 bits per heavy atom. The van der Waals surface area contributed by atoms with Crippen LogP contribution < -0.4 is 0 Å². The molecule has 1 atom stereocenters. The molecule has 7 heteroatoms. The van der Waals surface area contributed by atoms with Gasteiger partial charge in [-0.3, -0.25) is 4.90 Å². The Morgan fingerprint density at radius 2 is 1.96 bits per heavy atom. The molecule has 0 bridgehead atoms. The number of benzene rings is 2. The second kappa shape index (κ2) is 6.85. The van der Waals surface area contributed by atoms with Gasteiger partial charge < -0.3 is 0 Å². The lowest BCUT2D eigenvalue weighted by Gasteiger charge is -2.35.